The lowest BCUT2D eigenvalue weighted by atomic mass is 10.1. The summed E-state index contributed by atoms with van der Waals surface area (Å²) in [6.07, 6.45) is 2.41. The third-order valence-corrected chi connectivity index (χ3v) is 5.79. The van der Waals surface area contributed by atoms with E-state index in [1.165, 1.54) is 0 Å². The molecule has 1 fully saturated rings. The lowest BCUT2D eigenvalue weighted by Crippen LogP contribution is -2.39. The Morgan fingerprint density at radius 1 is 1.17 bits per heavy atom. The number of nitriles is 1. The lowest BCUT2D eigenvalue weighted by molar-refractivity contribution is 0.242. The van der Waals surface area contributed by atoms with Gasteiger partial charge in [-0.15, -0.1) is 0 Å². The summed E-state index contributed by atoms with van der Waals surface area (Å²) in [7, 11) is 3.15. The number of carbonyl (C=O) groups is 1. The minimum absolute atomic E-state index is 0.0755. The molecule has 9 nitrogen and oxygen atoms in total. The molecule has 0 saturated carbocycles. The normalized spacial score (nSPS) is 15.1. The first-order valence-corrected chi connectivity index (χ1v) is 11.5. The van der Waals surface area contributed by atoms with E-state index in [2.05, 4.69) is 26.6 Å². The van der Waals surface area contributed by atoms with E-state index < -0.39 is 0 Å². The fraction of sp³-hybridized carbons (Fsp3) is 0.346. The van der Waals surface area contributed by atoms with Gasteiger partial charge in [-0.3, -0.25) is 4.98 Å². The molecule has 1 aliphatic rings. The quantitative estimate of drug-likeness (QED) is 0.524. The van der Waals surface area contributed by atoms with Crippen LogP contribution in [-0.4, -0.2) is 50.5 Å². The number of pyridine rings is 1. The first kappa shape index (κ1) is 24.0. The molecular formula is C26H29N5O4. The zero-order valence-corrected chi connectivity index (χ0v) is 20.3. The first-order chi connectivity index (χ1) is 16.9. The molecule has 1 atom stereocenters. The number of rotatable bonds is 7. The van der Waals surface area contributed by atoms with Crippen LogP contribution in [0.25, 0.3) is 10.9 Å². The van der Waals surface area contributed by atoms with E-state index in [1.807, 2.05) is 44.2 Å². The highest BCUT2D eigenvalue weighted by atomic mass is 16.5. The smallest absolute Gasteiger partial charge is 0.319 e. The highest BCUT2D eigenvalue weighted by Gasteiger charge is 2.28. The van der Waals surface area contributed by atoms with E-state index in [4.69, 9.17) is 14.2 Å². The zero-order chi connectivity index (χ0) is 24.9. The SMILES string of the molecule is COc1cc2ncc(C#N)c(N3CCC(NC(=O)Nc4ccc(OC(C)C)cc4)C3)c2cc1OC. The number of hydrogen-bond donors (Lipinski definition) is 2. The van der Waals surface area contributed by atoms with E-state index in [0.717, 1.165) is 23.2 Å². The van der Waals surface area contributed by atoms with Gasteiger partial charge in [0.05, 0.1) is 37.1 Å². The van der Waals surface area contributed by atoms with Crippen LogP contribution >= 0.6 is 0 Å². The number of fused-ring (bicyclic) bond motifs is 1. The number of ether oxygens (including phenoxy) is 3. The summed E-state index contributed by atoms with van der Waals surface area (Å²) >= 11 is 0. The predicted octanol–water partition coefficient (Wildman–Crippen LogP) is 4.31. The molecule has 0 aliphatic carbocycles. The number of benzene rings is 2. The average Bonchev–Trinajstić information content (AvgIpc) is 3.30. The van der Waals surface area contributed by atoms with Crippen molar-refractivity contribution in [2.45, 2.75) is 32.4 Å². The molecule has 9 heteroatoms. The Labute approximate surface area is 204 Å². The number of methoxy groups -OCH3 is 2. The van der Waals surface area contributed by atoms with E-state index in [9.17, 15) is 10.1 Å². The van der Waals surface area contributed by atoms with Gasteiger partial charge in [-0.25, -0.2) is 4.79 Å². The molecule has 0 radical (unpaired) electrons. The minimum atomic E-state index is -0.277. The Hall–Kier alpha value is -4.19. The van der Waals surface area contributed by atoms with Gasteiger partial charge < -0.3 is 29.7 Å². The number of carbonyl (C=O) groups excluding carboxylic acids is 1. The predicted molar refractivity (Wildman–Crippen MR) is 135 cm³/mol. The zero-order valence-electron chi connectivity index (χ0n) is 20.3. The van der Waals surface area contributed by atoms with Crippen LogP contribution in [0.3, 0.4) is 0 Å². The standard InChI is InChI=1S/C26H29N5O4/c1-16(2)35-20-7-5-18(6-8-20)29-26(32)30-19-9-10-31(15-19)25-17(13-27)14-28-22-12-24(34-4)23(33-3)11-21(22)25/h5-8,11-12,14,16,19H,9-10,15H2,1-4H3,(H2,29,30,32). The number of anilines is 2. The van der Waals surface area contributed by atoms with Crippen LogP contribution in [0.5, 0.6) is 17.2 Å². The summed E-state index contributed by atoms with van der Waals surface area (Å²) in [4.78, 5) is 19.1. The second kappa shape index (κ2) is 10.4. The third-order valence-electron chi connectivity index (χ3n) is 5.79. The molecule has 0 spiro atoms. The second-order valence-corrected chi connectivity index (χ2v) is 8.58. The van der Waals surface area contributed by atoms with Crippen molar-refractivity contribution in [1.82, 2.24) is 10.3 Å². The van der Waals surface area contributed by atoms with Gasteiger partial charge in [0, 0.05) is 42.5 Å². The Morgan fingerprint density at radius 3 is 2.54 bits per heavy atom. The molecule has 2 heterocycles. The fourth-order valence-corrected chi connectivity index (χ4v) is 4.25. The summed E-state index contributed by atoms with van der Waals surface area (Å²) in [5.41, 5.74) is 2.64. The van der Waals surface area contributed by atoms with Crippen molar-refractivity contribution in [2.75, 3.05) is 37.5 Å². The maximum absolute atomic E-state index is 12.6. The number of urea groups is 1. The van der Waals surface area contributed by atoms with Gasteiger partial charge in [-0.2, -0.15) is 5.26 Å². The van der Waals surface area contributed by atoms with Gasteiger partial charge in [0.25, 0.3) is 0 Å². The minimum Gasteiger partial charge on any atom is -0.493 e. The number of nitrogens with zero attached hydrogens (tertiary/aromatic N) is 3. The summed E-state index contributed by atoms with van der Waals surface area (Å²) in [6, 6.07) is 12.8. The molecule has 2 N–H and O–H groups in total. The van der Waals surface area contributed by atoms with Gasteiger partial charge >= 0.3 is 6.03 Å². The van der Waals surface area contributed by atoms with Crippen molar-refractivity contribution in [3.63, 3.8) is 0 Å². The van der Waals surface area contributed by atoms with Crippen molar-refractivity contribution in [1.29, 1.82) is 5.26 Å². The first-order valence-electron chi connectivity index (χ1n) is 11.5. The molecule has 1 aliphatic heterocycles. The summed E-state index contributed by atoms with van der Waals surface area (Å²) in [5, 5.41) is 16.4. The van der Waals surface area contributed by atoms with Crippen molar-refractivity contribution < 1.29 is 19.0 Å². The Kier molecular flexibility index (Phi) is 7.11. The highest BCUT2D eigenvalue weighted by Crippen LogP contribution is 2.38. The van der Waals surface area contributed by atoms with Crippen molar-refractivity contribution in [3.8, 4) is 23.3 Å². The van der Waals surface area contributed by atoms with Gasteiger partial charge in [0.1, 0.15) is 11.8 Å². The monoisotopic (exact) mass is 475 g/mol. The van der Waals surface area contributed by atoms with E-state index in [0.29, 0.717) is 41.4 Å². The van der Waals surface area contributed by atoms with Crippen LogP contribution in [-0.2, 0) is 0 Å². The molecule has 1 saturated heterocycles. The number of hydrogen-bond acceptors (Lipinski definition) is 7. The van der Waals surface area contributed by atoms with Crippen molar-refractivity contribution in [3.05, 3.63) is 48.2 Å². The second-order valence-electron chi connectivity index (χ2n) is 8.58. The lowest BCUT2D eigenvalue weighted by Gasteiger charge is -2.22. The molecule has 1 aromatic heterocycles. The van der Waals surface area contributed by atoms with Crippen LogP contribution in [0, 0.1) is 11.3 Å². The van der Waals surface area contributed by atoms with Gasteiger partial charge in [-0.1, -0.05) is 0 Å². The molecular weight excluding hydrogens is 446 g/mol. The Bertz CT molecular complexity index is 1250. The summed E-state index contributed by atoms with van der Waals surface area (Å²) in [5.74, 6) is 1.89. The molecule has 35 heavy (non-hydrogen) atoms. The molecule has 4 rings (SSSR count). The molecule has 182 valence electrons. The third kappa shape index (κ3) is 5.32. The van der Waals surface area contributed by atoms with E-state index in [1.54, 1.807) is 26.5 Å². The van der Waals surface area contributed by atoms with Gasteiger partial charge in [0.2, 0.25) is 0 Å². The van der Waals surface area contributed by atoms with Crippen LogP contribution < -0.4 is 29.7 Å². The average molecular weight is 476 g/mol. The Balaban J connectivity index is 1.47. The van der Waals surface area contributed by atoms with Gasteiger partial charge in [0.15, 0.2) is 11.5 Å². The maximum Gasteiger partial charge on any atom is 0.319 e. The van der Waals surface area contributed by atoms with Crippen molar-refractivity contribution in [2.24, 2.45) is 0 Å². The number of amides is 2. The summed E-state index contributed by atoms with van der Waals surface area (Å²) < 4.78 is 16.5. The Morgan fingerprint density at radius 2 is 1.89 bits per heavy atom. The van der Waals surface area contributed by atoms with Gasteiger partial charge in [-0.05, 0) is 50.6 Å². The number of aromatic nitrogens is 1. The number of nitrogens with one attached hydrogen (secondary N) is 2. The van der Waals surface area contributed by atoms with Crippen LogP contribution in [0.15, 0.2) is 42.6 Å². The topological polar surface area (TPSA) is 109 Å². The largest absolute Gasteiger partial charge is 0.493 e. The molecule has 2 amide bonds. The van der Waals surface area contributed by atoms with Crippen LogP contribution in [0.1, 0.15) is 25.8 Å². The molecule has 3 aromatic rings. The van der Waals surface area contributed by atoms with E-state index >= 15 is 0 Å². The van der Waals surface area contributed by atoms with Crippen molar-refractivity contribution >= 4 is 28.3 Å². The van der Waals surface area contributed by atoms with Crippen LogP contribution in [0.2, 0.25) is 0 Å². The maximum atomic E-state index is 12.6. The molecule has 0 bridgehead atoms. The molecule has 1 unspecified atom stereocenters. The molecule has 2 aromatic carbocycles. The summed E-state index contributed by atoms with van der Waals surface area (Å²) in [6.45, 7) is 5.18. The fourth-order valence-electron chi connectivity index (χ4n) is 4.25. The van der Waals surface area contributed by atoms with E-state index in [-0.39, 0.29) is 18.2 Å². The highest BCUT2D eigenvalue weighted by molar-refractivity contribution is 5.97. The van der Waals surface area contributed by atoms with Crippen LogP contribution in [0.4, 0.5) is 16.2 Å².